The SMILES string of the molecule is CC1(C)CCC2(C(=O)O)CCC3(C)C(=CCC4C5(C)CC(O)C(OC6OC(CO)C(O)C(OC7OC(CO)C(OC8OC(CO)C(O)C(OC9OC(CO)C(O)C(OC%10OCC(O)C(O)C%10O)C9O)C8O)C(O)C7O)C6O)C(C)(CO)C5CCC43C)C2C1. The van der Waals surface area contributed by atoms with E-state index < -0.39 is 221 Å². The third-order valence-electron chi connectivity index (χ3n) is 23.3. The molecule has 5 aliphatic heterocycles. The summed E-state index contributed by atoms with van der Waals surface area (Å²) in [7, 11) is 0. The number of hydrogen-bond donors (Lipinski definition) is 18. The zero-order valence-electron chi connectivity index (χ0n) is 50.5. The molecule has 506 valence electrons. The molecule has 0 radical (unpaired) electrons. The van der Waals surface area contributed by atoms with Crippen LogP contribution < -0.4 is 0 Å². The zero-order valence-corrected chi connectivity index (χ0v) is 50.5. The molecule has 34 atom stereocenters. The zero-order chi connectivity index (χ0) is 64.3. The summed E-state index contributed by atoms with van der Waals surface area (Å²) >= 11 is 0. The van der Waals surface area contributed by atoms with Gasteiger partial charge in [0.2, 0.25) is 0 Å². The smallest absolute Gasteiger partial charge is 0.310 e. The van der Waals surface area contributed by atoms with Gasteiger partial charge in [0.05, 0.1) is 57.3 Å². The Balaban J connectivity index is 0.822. The fraction of sp³-hybridized carbons (Fsp3) is 0.949. The van der Waals surface area contributed by atoms with Gasteiger partial charge in [-0.05, 0) is 97.2 Å². The molecule has 9 fully saturated rings. The second-order valence-corrected chi connectivity index (χ2v) is 28.6. The summed E-state index contributed by atoms with van der Waals surface area (Å²) in [5, 5.41) is 199. The predicted molar refractivity (Wildman–Crippen MR) is 293 cm³/mol. The highest BCUT2D eigenvalue weighted by molar-refractivity contribution is 5.76. The summed E-state index contributed by atoms with van der Waals surface area (Å²) in [6.07, 6.45) is -39.7. The number of ether oxygens (including phenoxy) is 10. The predicted octanol–water partition coefficient (Wildman–Crippen LogP) is -5.06. The van der Waals surface area contributed by atoms with Crippen LogP contribution in [0.5, 0.6) is 0 Å². The lowest BCUT2D eigenvalue weighted by atomic mass is 9.33. The highest BCUT2D eigenvalue weighted by atomic mass is 16.8. The van der Waals surface area contributed by atoms with Gasteiger partial charge in [0.15, 0.2) is 31.5 Å². The molecule has 0 aromatic carbocycles. The highest BCUT2D eigenvalue weighted by Crippen LogP contribution is 2.76. The van der Waals surface area contributed by atoms with Gasteiger partial charge >= 0.3 is 5.97 Å². The average molecular weight is 1270 g/mol. The van der Waals surface area contributed by atoms with E-state index in [0.717, 1.165) is 19.3 Å². The summed E-state index contributed by atoms with van der Waals surface area (Å²) in [4.78, 5) is 13.2. The van der Waals surface area contributed by atoms with Crippen LogP contribution in [-0.4, -0.2) is 297 Å². The summed E-state index contributed by atoms with van der Waals surface area (Å²) in [5.41, 5.74) is -2.09. The molecule has 0 bridgehead atoms. The van der Waals surface area contributed by atoms with Gasteiger partial charge in [-0.2, -0.15) is 0 Å². The quantitative estimate of drug-likeness (QED) is 0.0508. The van der Waals surface area contributed by atoms with E-state index in [9.17, 15) is 96.7 Å². The largest absolute Gasteiger partial charge is 0.481 e. The van der Waals surface area contributed by atoms with E-state index in [0.29, 0.717) is 32.1 Å². The summed E-state index contributed by atoms with van der Waals surface area (Å²) < 4.78 is 58.2. The Bertz CT molecular complexity index is 2440. The minimum Gasteiger partial charge on any atom is -0.481 e. The number of aliphatic carboxylic acids is 1. The molecule has 29 heteroatoms. The van der Waals surface area contributed by atoms with Crippen LogP contribution in [0.15, 0.2) is 11.6 Å². The van der Waals surface area contributed by atoms with Crippen LogP contribution in [0.1, 0.15) is 99.3 Å². The molecule has 0 aromatic heterocycles. The van der Waals surface area contributed by atoms with Crippen LogP contribution in [0.2, 0.25) is 0 Å². The summed E-state index contributed by atoms with van der Waals surface area (Å²) in [5.74, 6) is -1.13. The van der Waals surface area contributed by atoms with E-state index in [-0.39, 0.29) is 40.4 Å². The molecule has 88 heavy (non-hydrogen) atoms. The van der Waals surface area contributed by atoms with Gasteiger partial charge in [-0.3, -0.25) is 4.79 Å². The number of allylic oxidation sites excluding steroid dienone is 2. The molecule has 34 unspecified atom stereocenters. The van der Waals surface area contributed by atoms with Crippen molar-refractivity contribution in [1.29, 1.82) is 0 Å². The fourth-order valence-electron chi connectivity index (χ4n) is 18.0. The van der Waals surface area contributed by atoms with Gasteiger partial charge in [-0.15, -0.1) is 0 Å². The number of aliphatic hydroxyl groups is 17. The van der Waals surface area contributed by atoms with Gasteiger partial charge in [0.25, 0.3) is 0 Å². The van der Waals surface area contributed by atoms with Crippen molar-refractivity contribution in [2.45, 2.75) is 259 Å². The fourth-order valence-corrected chi connectivity index (χ4v) is 18.0. The van der Waals surface area contributed by atoms with Crippen LogP contribution >= 0.6 is 0 Å². The molecule has 5 heterocycles. The first kappa shape index (κ1) is 69.0. The second kappa shape index (κ2) is 25.7. The maximum absolute atomic E-state index is 13.2. The average Bonchev–Trinajstić information content (AvgIpc) is 0.679. The normalized spacial score (nSPS) is 54.7. The minimum absolute atomic E-state index is 0.00645. The maximum atomic E-state index is 13.2. The van der Waals surface area contributed by atoms with E-state index in [4.69, 9.17) is 47.4 Å². The number of aliphatic hydroxyl groups excluding tert-OH is 17. The Kier molecular flexibility index (Phi) is 20.1. The van der Waals surface area contributed by atoms with Crippen molar-refractivity contribution in [1.82, 2.24) is 0 Å². The number of carboxylic acid groups (broad SMARTS) is 1. The van der Waals surface area contributed by atoms with Gasteiger partial charge in [-0.25, -0.2) is 0 Å². The number of carbonyl (C=O) groups is 1. The molecular formula is C59H96O29. The number of hydrogen-bond acceptors (Lipinski definition) is 28. The van der Waals surface area contributed by atoms with Crippen molar-refractivity contribution in [3.05, 3.63) is 11.6 Å². The maximum Gasteiger partial charge on any atom is 0.310 e. The standard InChI is InChI=1S/C59H96O29/c1-54(2)11-13-59(53(77)78)14-12-57(5)23(24(59)15-54)7-8-32-55(3)16-25(65)47(56(4,22-64)31(55)9-10-58(32,57)6)88-52-42(76)46(36(70)29(19-62)82-52)86-49-39(73)37(71)43(30(20-63)83-49)84-50-41(75)45(35(69)28(18-61)80-50)87-51-40(74)44(34(68)27(17-60)81-51)85-48-38(72)33(67)26(66)21-79-48/h7,24-52,60-76H,8-22H2,1-6H3,(H,77,78). The van der Waals surface area contributed by atoms with E-state index >= 15 is 0 Å². The Morgan fingerprint density at radius 3 is 1.48 bits per heavy atom. The number of rotatable bonds is 16. The van der Waals surface area contributed by atoms with Crippen molar-refractivity contribution in [2.75, 3.05) is 39.6 Å². The molecular weight excluding hydrogens is 1170 g/mol. The third kappa shape index (κ3) is 11.4. The first-order valence-corrected chi connectivity index (χ1v) is 31.0. The van der Waals surface area contributed by atoms with Crippen LogP contribution in [0.25, 0.3) is 0 Å². The topological polar surface area (TPSA) is 474 Å². The van der Waals surface area contributed by atoms with E-state index in [1.54, 1.807) is 0 Å². The molecule has 4 saturated carbocycles. The molecule has 10 aliphatic rings. The Labute approximate surface area is 509 Å². The lowest BCUT2D eigenvalue weighted by Crippen LogP contribution is -2.70. The van der Waals surface area contributed by atoms with Crippen LogP contribution in [0, 0.1) is 50.2 Å². The molecule has 0 spiro atoms. The lowest BCUT2D eigenvalue weighted by Gasteiger charge is -2.71. The Hall–Kier alpha value is -1.87. The summed E-state index contributed by atoms with van der Waals surface area (Å²) in [6, 6.07) is 0. The third-order valence-corrected chi connectivity index (χ3v) is 23.3. The van der Waals surface area contributed by atoms with Crippen LogP contribution in [0.3, 0.4) is 0 Å². The van der Waals surface area contributed by atoms with Crippen molar-refractivity contribution in [3.8, 4) is 0 Å². The summed E-state index contributed by atoms with van der Waals surface area (Å²) in [6.45, 7) is 8.22. The van der Waals surface area contributed by atoms with Gasteiger partial charge in [0, 0.05) is 5.41 Å². The second-order valence-electron chi connectivity index (χ2n) is 28.6. The molecule has 5 aliphatic carbocycles. The van der Waals surface area contributed by atoms with Gasteiger partial charge in [-0.1, -0.05) is 53.2 Å². The first-order chi connectivity index (χ1) is 41.3. The Morgan fingerprint density at radius 2 is 0.966 bits per heavy atom. The van der Waals surface area contributed by atoms with E-state index in [2.05, 4.69) is 40.7 Å². The van der Waals surface area contributed by atoms with Crippen LogP contribution in [-0.2, 0) is 52.2 Å². The van der Waals surface area contributed by atoms with Crippen molar-refractivity contribution >= 4 is 5.97 Å². The number of fused-ring (bicyclic) bond motifs is 7. The minimum atomic E-state index is -2.18. The molecule has 18 N–H and O–H groups in total. The highest BCUT2D eigenvalue weighted by Gasteiger charge is 2.72. The van der Waals surface area contributed by atoms with Crippen molar-refractivity contribution < 1.29 is 144 Å². The molecule has 0 aromatic rings. The lowest BCUT2D eigenvalue weighted by molar-refractivity contribution is -0.396. The molecule has 10 rings (SSSR count). The van der Waals surface area contributed by atoms with Crippen molar-refractivity contribution in [3.63, 3.8) is 0 Å². The molecule has 0 amide bonds. The first-order valence-electron chi connectivity index (χ1n) is 31.0. The van der Waals surface area contributed by atoms with Gasteiger partial charge < -0.3 is 139 Å². The molecule has 29 nitrogen and oxygen atoms in total. The van der Waals surface area contributed by atoms with Crippen LogP contribution in [0.4, 0.5) is 0 Å². The molecule has 5 saturated heterocycles. The van der Waals surface area contributed by atoms with E-state index in [1.807, 2.05) is 6.92 Å². The van der Waals surface area contributed by atoms with Gasteiger partial charge in [0.1, 0.15) is 116 Å². The Morgan fingerprint density at radius 1 is 0.500 bits per heavy atom. The van der Waals surface area contributed by atoms with Crippen molar-refractivity contribution in [2.24, 2.45) is 50.2 Å². The monoisotopic (exact) mass is 1270 g/mol. The van der Waals surface area contributed by atoms with E-state index in [1.165, 1.54) is 5.57 Å². The number of carboxylic acids is 1.